The van der Waals surface area contributed by atoms with Gasteiger partial charge in [0.2, 0.25) is 0 Å². The molecule has 0 amide bonds. The number of carbonyl (C=O) groups is 2. The van der Waals surface area contributed by atoms with Gasteiger partial charge in [0.25, 0.3) is 0 Å². The summed E-state index contributed by atoms with van der Waals surface area (Å²) >= 11 is 0. The maximum atomic E-state index is 12.7. The van der Waals surface area contributed by atoms with E-state index in [2.05, 4.69) is 0 Å². The second-order valence-electron chi connectivity index (χ2n) is 7.70. The van der Waals surface area contributed by atoms with Gasteiger partial charge in [0.1, 0.15) is 5.78 Å². The van der Waals surface area contributed by atoms with E-state index in [9.17, 15) is 23.1 Å². The van der Waals surface area contributed by atoms with Crippen molar-refractivity contribution in [1.82, 2.24) is 0 Å². The van der Waals surface area contributed by atoms with Gasteiger partial charge in [-0.25, -0.2) is 13.2 Å². The summed E-state index contributed by atoms with van der Waals surface area (Å²) in [6, 6.07) is 4.95. The first-order valence-corrected chi connectivity index (χ1v) is 10.8. The van der Waals surface area contributed by atoms with E-state index in [4.69, 9.17) is 0 Å². The Hall–Kier alpha value is -1.95. The van der Waals surface area contributed by atoms with Crippen LogP contribution in [0.4, 0.5) is 0 Å². The maximum Gasteiger partial charge on any atom is 0.335 e. The van der Waals surface area contributed by atoms with Gasteiger partial charge in [0.15, 0.2) is 9.84 Å². The number of carboxylic acids is 1. The molecule has 0 aliphatic heterocycles. The van der Waals surface area contributed by atoms with Crippen molar-refractivity contribution in [3.8, 4) is 0 Å². The molecule has 138 valence electrons. The summed E-state index contributed by atoms with van der Waals surface area (Å²) in [5.41, 5.74) is 1.47. The lowest BCUT2D eigenvalue weighted by atomic mass is 9.96. The summed E-state index contributed by atoms with van der Waals surface area (Å²) < 4.78 is 25.4. The topological polar surface area (TPSA) is 88.5 Å². The normalized spacial score (nSPS) is 24.1. The Morgan fingerprint density at radius 2 is 1.85 bits per heavy atom. The molecule has 4 rings (SSSR count). The van der Waals surface area contributed by atoms with Crippen LogP contribution in [0, 0.1) is 5.92 Å². The van der Waals surface area contributed by atoms with Crippen LogP contribution in [0.5, 0.6) is 0 Å². The average molecular weight is 374 g/mol. The summed E-state index contributed by atoms with van der Waals surface area (Å²) in [5, 5.41) is 9.38. The van der Waals surface area contributed by atoms with Crippen molar-refractivity contribution in [2.24, 2.45) is 5.92 Å². The van der Waals surface area contributed by atoms with Crippen LogP contribution in [0.3, 0.4) is 0 Å². The summed E-state index contributed by atoms with van der Waals surface area (Å²) in [6.45, 7) is 0. The smallest absolute Gasteiger partial charge is 0.335 e. The van der Waals surface area contributed by atoms with Crippen LogP contribution < -0.4 is 0 Å². The van der Waals surface area contributed by atoms with Crippen molar-refractivity contribution >= 4 is 27.2 Å². The van der Waals surface area contributed by atoms with Crippen LogP contribution in [0.2, 0.25) is 0 Å². The SMILES string of the molecule is O=C1CC[C@H](/C=C(/C(=O)O)c2ccc(S(=O)(=O)C3CC3)c(C3CC3)c2)C1. The average Bonchev–Trinajstić information content (AvgIpc) is 3.49. The van der Waals surface area contributed by atoms with Crippen molar-refractivity contribution < 1.29 is 23.1 Å². The molecule has 3 aliphatic carbocycles. The van der Waals surface area contributed by atoms with Gasteiger partial charge < -0.3 is 5.11 Å². The summed E-state index contributed by atoms with van der Waals surface area (Å²) in [6.07, 6.45) is 6.56. The van der Waals surface area contributed by atoms with Gasteiger partial charge in [0, 0.05) is 12.8 Å². The molecule has 3 fully saturated rings. The van der Waals surface area contributed by atoms with Gasteiger partial charge >= 0.3 is 5.97 Å². The fourth-order valence-electron chi connectivity index (χ4n) is 3.76. The molecular weight excluding hydrogens is 352 g/mol. The largest absolute Gasteiger partial charge is 0.478 e. The van der Waals surface area contributed by atoms with Gasteiger partial charge in [-0.1, -0.05) is 12.1 Å². The number of sulfone groups is 1. The molecule has 0 spiro atoms. The Morgan fingerprint density at radius 3 is 2.38 bits per heavy atom. The maximum absolute atomic E-state index is 12.7. The van der Waals surface area contributed by atoms with Crippen LogP contribution >= 0.6 is 0 Å². The fourth-order valence-corrected chi connectivity index (χ4v) is 5.69. The van der Waals surface area contributed by atoms with E-state index in [1.807, 2.05) is 0 Å². The Morgan fingerprint density at radius 1 is 1.12 bits per heavy atom. The number of carboxylic acid groups (broad SMARTS) is 1. The fraction of sp³-hybridized carbons (Fsp3) is 0.500. The molecule has 0 unspecified atom stereocenters. The first-order valence-electron chi connectivity index (χ1n) is 9.21. The van der Waals surface area contributed by atoms with Crippen LogP contribution in [0.15, 0.2) is 29.2 Å². The van der Waals surface area contributed by atoms with E-state index in [1.165, 1.54) is 0 Å². The van der Waals surface area contributed by atoms with E-state index >= 15 is 0 Å². The van der Waals surface area contributed by atoms with E-state index in [0.29, 0.717) is 42.6 Å². The van der Waals surface area contributed by atoms with E-state index in [-0.39, 0.29) is 28.4 Å². The van der Waals surface area contributed by atoms with E-state index in [1.54, 1.807) is 24.3 Å². The Kier molecular flexibility index (Phi) is 4.26. The lowest BCUT2D eigenvalue weighted by Gasteiger charge is -2.13. The van der Waals surface area contributed by atoms with Crippen molar-refractivity contribution in [2.45, 2.75) is 61.0 Å². The van der Waals surface area contributed by atoms with Gasteiger partial charge in [-0.3, -0.25) is 4.79 Å². The van der Waals surface area contributed by atoms with Gasteiger partial charge in [0.05, 0.1) is 15.7 Å². The molecule has 1 N–H and O–H groups in total. The second kappa shape index (κ2) is 6.34. The number of hydrogen-bond acceptors (Lipinski definition) is 4. The van der Waals surface area contributed by atoms with Crippen molar-refractivity contribution in [2.75, 3.05) is 0 Å². The molecule has 0 heterocycles. The molecule has 1 atom stereocenters. The lowest BCUT2D eigenvalue weighted by Crippen LogP contribution is -2.11. The summed E-state index contributed by atoms with van der Waals surface area (Å²) in [5.74, 6) is -0.709. The number of Topliss-reactive ketones (excluding diaryl/α,β-unsaturated/α-hetero) is 1. The summed E-state index contributed by atoms with van der Waals surface area (Å²) in [4.78, 5) is 23.7. The van der Waals surface area contributed by atoms with E-state index < -0.39 is 15.8 Å². The number of allylic oxidation sites excluding steroid dienone is 1. The number of benzene rings is 1. The molecule has 3 aliphatic rings. The number of hydrogen-bond donors (Lipinski definition) is 1. The zero-order valence-electron chi connectivity index (χ0n) is 14.5. The quantitative estimate of drug-likeness (QED) is 0.772. The number of carbonyl (C=O) groups excluding carboxylic acids is 1. The summed E-state index contributed by atoms with van der Waals surface area (Å²) in [7, 11) is -3.31. The highest BCUT2D eigenvalue weighted by Crippen LogP contribution is 2.46. The van der Waals surface area contributed by atoms with Crippen LogP contribution in [0.1, 0.15) is 62.0 Å². The van der Waals surface area contributed by atoms with Crippen LogP contribution in [-0.2, 0) is 19.4 Å². The third-order valence-corrected chi connectivity index (χ3v) is 7.86. The molecule has 0 radical (unpaired) electrons. The first kappa shape index (κ1) is 17.5. The van der Waals surface area contributed by atoms with Crippen molar-refractivity contribution in [3.05, 3.63) is 35.4 Å². The first-order chi connectivity index (χ1) is 12.4. The van der Waals surface area contributed by atoms with Crippen molar-refractivity contribution in [1.29, 1.82) is 0 Å². The van der Waals surface area contributed by atoms with Gasteiger partial charge in [-0.05, 0) is 67.2 Å². The monoisotopic (exact) mass is 374 g/mol. The molecule has 3 saturated carbocycles. The van der Waals surface area contributed by atoms with Gasteiger partial charge in [-0.2, -0.15) is 0 Å². The number of aliphatic carboxylic acids is 1. The zero-order chi connectivity index (χ0) is 18.5. The van der Waals surface area contributed by atoms with Crippen LogP contribution in [-0.4, -0.2) is 30.5 Å². The highest BCUT2D eigenvalue weighted by atomic mass is 32.2. The highest BCUT2D eigenvalue weighted by Gasteiger charge is 2.40. The van der Waals surface area contributed by atoms with Crippen LogP contribution in [0.25, 0.3) is 5.57 Å². The molecule has 0 bridgehead atoms. The minimum atomic E-state index is -3.31. The molecule has 0 aromatic heterocycles. The minimum absolute atomic E-state index is 0.0483. The Balaban J connectivity index is 1.74. The Labute approximate surface area is 153 Å². The molecule has 26 heavy (non-hydrogen) atoms. The molecule has 1 aromatic carbocycles. The number of rotatable bonds is 6. The predicted octanol–water partition coefficient (Wildman–Crippen LogP) is 3.34. The third kappa shape index (κ3) is 3.34. The molecule has 1 aromatic rings. The van der Waals surface area contributed by atoms with Gasteiger partial charge in [-0.15, -0.1) is 0 Å². The van der Waals surface area contributed by atoms with Crippen molar-refractivity contribution in [3.63, 3.8) is 0 Å². The molecular formula is C20H22O5S. The van der Waals surface area contributed by atoms with E-state index in [0.717, 1.165) is 18.4 Å². The molecule has 0 saturated heterocycles. The lowest BCUT2D eigenvalue weighted by molar-refractivity contribution is -0.130. The zero-order valence-corrected chi connectivity index (χ0v) is 15.3. The third-order valence-electron chi connectivity index (χ3n) is 5.52. The predicted molar refractivity (Wildman–Crippen MR) is 96.6 cm³/mol. The minimum Gasteiger partial charge on any atom is -0.478 e. The number of ketones is 1. The highest BCUT2D eigenvalue weighted by molar-refractivity contribution is 7.92. The Bertz CT molecular complexity index is 904. The standard InChI is InChI=1S/C20H22O5S/c21-15-5-1-12(9-15)10-18(20(22)23)14-4-8-19(17(11-14)13-2-3-13)26(24,25)16-6-7-16/h4,8,10-13,16H,1-3,5-7,9H2,(H,22,23)/b18-10+/t12-/m0/s1. The second-order valence-corrected chi connectivity index (χ2v) is 9.89. The molecule has 5 nitrogen and oxygen atoms in total. The molecule has 6 heteroatoms.